The lowest BCUT2D eigenvalue weighted by atomic mass is 10.1. The number of halogens is 2. The minimum Gasteiger partial charge on any atom is -0.489 e. The highest BCUT2D eigenvalue weighted by molar-refractivity contribution is 8.23. The molecule has 1 heterocycles. The Balaban J connectivity index is 1.48. The van der Waals surface area contributed by atoms with Crippen LogP contribution < -0.4 is 10.5 Å². The number of fused-ring (bicyclic) bond motifs is 2. The molecule has 4 N–H and O–H groups in total. The summed E-state index contributed by atoms with van der Waals surface area (Å²) in [6.45, 7) is 0.779. The summed E-state index contributed by atoms with van der Waals surface area (Å²) >= 11 is 6.15. The quantitative estimate of drug-likeness (QED) is 0.215. The molecular weight excluding hydrogens is 487 g/mol. The second-order valence-electron chi connectivity index (χ2n) is 8.26. The molecule has 0 aliphatic rings. The van der Waals surface area contributed by atoms with Gasteiger partial charge in [-0.1, -0.05) is 58.8 Å². The fourth-order valence-corrected chi connectivity index (χ4v) is 6.17. The van der Waals surface area contributed by atoms with E-state index in [-0.39, 0.29) is 9.92 Å². The third-order valence-electron chi connectivity index (χ3n) is 5.92. The molecule has 180 valence electrons. The lowest BCUT2D eigenvalue weighted by Crippen LogP contribution is -2.09. The zero-order valence-electron chi connectivity index (χ0n) is 18.7. The third-order valence-corrected chi connectivity index (χ3v) is 8.14. The molecule has 0 amide bonds. The first kappa shape index (κ1) is 23.7. The molecule has 0 spiro atoms. The molecule has 5 nitrogen and oxygen atoms in total. The predicted molar refractivity (Wildman–Crippen MR) is 141 cm³/mol. The summed E-state index contributed by atoms with van der Waals surface area (Å²) in [6.07, 6.45) is 2.20. The molecule has 1 aromatic heterocycles. The van der Waals surface area contributed by atoms with E-state index in [1.54, 1.807) is 18.3 Å². The maximum atomic E-state index is 13.5. The summed E-state index contributed by atoms with van der Waals surface area (Å²) in [5.41, 5.74) is 8.30. The van der Waals surface area contributed by atoms with Crippen LogP contribution in [0.1, 0.15) is 11.1 Å². The minimum atomic E-state index is -3.56. The summed E-state index contributed by atoms with van der Waals surface area (Å²) in [6, 6.07) is 23.3. The Morgan fingerprint density at radius 3 is 2.51 bits per heavy atom. The number of benzene rings is 4. The SMILES string of the molecule is NCCc1cn(S(O)(O)c2ccc(F)cc2Cl)c2ccc(OCc3ccc4ccccc4c3)cc12. The van der Waals surface area contributed by atoms with Crippen molar-refractivity contribution < 1.29 is 18.2 Å². The highest BCUT2D eigenvalue weighted by atomic mass is 35.5. The smallest absolute Gasteiger partial charge is 0.124 e. The molecule has 4 aromatic carbocycles. The summed E-state index contributed by atoms with van der Waals surface area (Å²) in [7, 11) is -3.56. The largest absolute Gasteiger partial charge is 0.489 e. The average molecular weight is 511 g/mol. The lowest BCUT2D eigenvalue weighted by Gasteiger charge is -2.35. The van der Waals surface area contributed by atoms with E-state index < -0.39 is 16.6 Å². The van der Waals surface area contributed by atoms with Crippen molar-refractivity contribution in [3.63, 3.8) is 0 Å². The standard InChI is InChI=1S/C27H24ClFN2O3S/c28-25-14-22(29)7-10-27(25)35(32,33)31-16-21(11-12-30)24-15-23(8-9-26(24)31)34-17-18-5-6-19-3-1-2-4-20(19)13-18/h1-10,13-16,32-33H,11-12,17,30H2. The van der Waals surface area contributed by atoms with Crippen LogP contribution in [-0.2, 0) is 13.0 Å². The molecule has 5 aromatic rings. The monoisotopic (exact) mass is 510 g/mol. The molecule has 0 saturated heterocycles. The van der Waals surface area contributed by atoms with Crippen molar-refractivity contribution in [3.8, 4) is 5.75 Å². The van der Waals surface area contributed by atoms with Crippen molar-refractivity contribution in [1.29, 1.82) is 0 Å². The van der Waals surface area contributed by atoms with Gasteiger partial charge in [-0.15, -0.1) is 0 Å². The molecule has 0 saturated carbocycles. The van der Waals surface area contributed by atoms with Gasteiger partial charge in [-0.2, -0.15) is 0 Å². The van der Waals surface area contributed by atoms with Crippen LogP contribution in [0.3, 0.4) is 0 Å². The van der Waals surface area contributed by atoms with E-state index in [0.717, 1.165) is 34.0 Å². The Labute approximate surface area is 209 Å². The van der Waals surface area contributed by atoms with Gasteiger partial charge in [-0.05, 0) is 77.3 Å². The van der Waals surface area contributed by atoms with Gasteiger partial charge in [-0.25, -0.2) is 8.36 Å². The molecule has 5 rings (SSSR count). The van der Waals surface area contributed by atoms with Crippen molar-refractivity contribution in [2.45, 2.75) is 17.9 Å². The van der Waals surface area contributed by atoms with Gasteiger partial charge in [-0.3, -0.25) is 9.11 Å². The molecule has 0 aliphatic heterocycles. The molecule has 35 heavy (non-hydrogen) atoms. The highest BCUT2D eigenvalue weighted by Crippen LogP contribution is 2.54. The van der Waals surface area contributed by atoms with Crippen molar-refractivity contribution in [3.05, 3.63) is 107 Å². The van der Waals surface area contributed by atoms with Crippen LogP contribution in [-0.4, -0.2) is 19.6 Å². The van der Waals surface area contributed by atoms with Crippen LogP contribution in [0, 0.1) is 5.82 Å². The summed E-state index contributed by atoms with van der Waals surface area (Å²) in [5, 5.41) is 3.06. The van der Waals surface area contributed by atoms with Gasteiger partial charge in [0.2, 0.25) is 0 Å². The Morgan fingerprint density at radius 1 is 0.943 bits per heavy atom. The average Bonchev–Trinajstić information content (AvgIpc) is 3.21. The van der Waals surface area contributed by atoms with Gasteiger partial charge in [0.25, 0.3) is 0 Å². The first-order valence-electron chi connectivity index (χ1n) is 11.0. The maximum absolute atomic E-state index is 13.5. The Bertz CT molecular complexity index is 1540. The van der Waals surface area contributed by atoms with Crippen molar-refractivity contribution in [1.82, 2.24) is 3.97 Å². The molecule has 0 bridgehead atoms. The fraction of sp³-hybridized carbons (Fsp3) is 0.111. The second-order valence-corrected chi connectivity index (χ2v) is 10.5. The maximum Gasteiger partial charge on any atom is 0.124 e. The van der Waals surface area contributed by atoms with Crippen LogP contribution in [0.2, 0.25) is 5.02 Å². The molecule has 0 aliphatic carbocycles. The van der Waals surface area contributed by atoms with Crippen molar-refractivity contribution in [2.24, 2.45) is 5.73 Å². The summed E-state index contributed by atoms with van der Waals surface area (Å²) in [4.78, 5) is 0.0494. The van der Waals surface area contributed by atoms with E-state index in [9.17, 15) is 13.5 Å². The lowest BCUT2D eigenvalue weighted by molar-refractivity contribution is 0.307. The van der Waals surface area contributed by atoms with Gasteiger partial charge in [0.15, 0.2) is 0 Å². The van der Waals surface area contributed by atoms with Crippen LogP contribution in [0.15, 0.2) is 90.0 Å². The van der Waals surface area contributed by atoms with E-state index in [1.165, 1.54) is 15.4 Å². The Morgan fingerprint density at radius 2 is 1.74 bits per heavy atom. The van der Waals surface area contributed by atoms with E-state index in [2.05, 4.69) is 24.3 Å². The van der Waals surface area contributed by atoms with Gasteiger partial charge >= 0.3 is 0 Å². The normalized spacial score (nSPS) is 12.4. The first-order chi connectivity index (χ1) is 16.9. The third kappa shape index (κ3) is 4.61. The Hall–Kier alpha value is -3.07. The number of aromatic nitrogens is 1. The molecule has 0 unspecified atom stereocenters. The number of hydrogen-bond acceptors (Lipinski definition) is 4. The molecule has 8 heteroatoms. The van der Waals surface area contributed by atoms with Crippen LogP contribution in [0.4, 0.5) is 4.39 Å². The zero-order valence-corrected chi connectivity index (χ0v) is 20.3. The predicted octanol–water partition coefficient (Wildman–Crippen LogP) is 7.24. The van der Waals surface area contributed by atoms with Gasteiger partial charge in [0.1, 0.15) is 18.2 Å². The van der Waals surface area contributed by atoms with Crippen LogP contribution in [0.5, 0.6) is 5.75 Å². The van der Waals surface area contributed by atoms with E-state index in [0.29, 0.717) is 30.8 Å². The number of nitrogens with zero attached hydrogens (tertiary/aromatic N) is 1. The minimum absolute atomic E-state index is 0.0494. The number of ether oxygens (including phenoxy) is 1. The molecule has 0 atom stereocenters. The van der Waals surface area contributed by atoms with E-state index >= 15 is 0 Å². The number of hydrogen-bond donors (Lipinski definition) is 3. The summed E-state index contributed by atoms with van der Waals surface area (Å²) in [5.74, 6) is 0.0984. The zero-order chi connectivity index (χ0) is 24.6. The van der Waals surface area contributed by atoms with Crippen molar-refractivity contribution in [2.75, 3.05) is 6.54 Å². The fourth-order valence-electron chi connectivity index (χ4n) is 4.20. The second kappa shape index (κ2) is 9.53. The van der Waals surface area contributed by atoms with E-state index in [1.807, 2.05) is 24.3 Å². The van der Waals surface area contributed by atoms with Gasteiger partial charge < -0.3 is 10.5 Å². The summed E-state index contributed by atoms with van der Waals surface area (Å²) < 4.78 is 43.3. The topological polar surface area (TPSA) is 80.6 Å². The van der Waals surface area contributed by atoms with Crippen LogP contribution >= 0.6 is 22.4 Å². The van der Waals surface area contributed by atoms with Gasteiger partial charge in [0, 0.05) is 11.6 Å². The number of nitrogens with two attached hydrogens (primary N) is 1. The van der Waals surface area contributed by atoms with Crippen molar-refractivity contribution >= 4 is 44.1 Å². The number of rotatable bonds is 7. The first-order valence-corrected chi connectivity index (χ1v) is 12.9. The van der Waals surface area contributed by atoms with E-state index in [4.69, 9.17) is 22.1 Å². The highest BCUT2D eigenvalue weighted by Gasteiger charge is 2.25. The Kier molecular flexibility index (Phi) is 6.44. The van der Waals surface area contributed by atoms with Gasteiger partial charge in [0.05, 0.1) is 15.4 Å². The molecular formula is C27H24ClFN2O3S. The molecule has 0 fully saturated rings. The molecule has 0 radical (unpaired) electrons. The van der Waals surface area contributed by atoms with Crippen LogP contribution in [0.25, 0.3) is 21.7 Å².